The molecule has 1 aliphatic rings. The van der Waals surface area contributed by atoms with E-state index < -0.39 is 28.5 Å². The highest BCUT2D eigenvalue weighted by molar-refractivity contribution is 7.89. The largest absolute Gasteiger partial charge is 0.495 e. The SMILES string of the molecule is COc1ccc(C(=O)OCC(=O)Nc2ccccc2C(C)=O)cc1S(=O)(=O)N1CCOCC1. The quantitative estimate of drug-likeness (QED) is 0.451. The Kier molecular flexibility index (Phi) is 7.79. The number of Topliss-reactive ketones (excluding diaryl/α,β-unsaturated/α-hetero) is 1. The summed E-state index contributed by atoms with van der Waals surface area (Å²) in [7, 11) is -2.61. The molecule has 1 amide bonds. The summed E-state index contributed by atoms with van der Waals surface area (Å²) in [6.07, 6.45) is 0. The smallest absolute Gasteiger partial charge is 0.338 e. The first-order valence-electron chi connectivity index (χ1n) is 10.1. The number of morpholine rings is 1. The van der Waals surface area contributed by atoms with E-state index in [1.54, 1.807) is 24.3 Å². The molecule has 0 spiro atoms. The molecule has 0 aromatic heterocycles. The molecule has 0 atom stereocenters. The van der Waals surface area contributed by atoms with E-state index in [0.29, 0.717) is 11.3 Å². The van der Waals surface area contributed by atoms with Crippen molar-refractivity contribution in [3.05, 3.63) is 53.6 Å². The molecule has 1 aliphatic heterocycles. The molecular formula is C22H24N2O8S. The van der Waals surface area contributed by atoms with Crippen molar-refractivity contribution in [3.8, 4) is 5.75 Å². The van der Waals surface area contributed by atoms with E-state index in [1.165, 1.54) is 30.5 Å². The number of para-hydroxylation sites is 1. The van der Waals surface area contributed by atoms with Crippen molar-refractivity contribution >= 4 is 33.4 Å². The molecule has 1 N–H and O–H groups in total. The van der Waals surface area contributed by atoms with Gasteiger partial charge in [0.15, 0.2) is 12.4 Å². The monoisotopic (exact) mass is 476 g/mol. The van der Waals surface area contributed by atoms with Crippen LogP contribution in [-0.2, 0) is 24.3 Å². The van der Waals surface area contributed by atoms with Crippen LogP contribution < -0.4 is 10.1 Å². The van der Waals surface area contributed by atoms with E-state index >= 15 is 0 Å². The van der Waals surface area contributed by atoms with Gasteiger partial charge in [-0.3, -0.25) is 9.59 Å². The molecule has 0 bridgehead atoms. The minimum Gasteiger partial charge on any atom is -0.495 e. The zero-order valence-electron chi connectivity index (χ0n) is 18.2. The third kappa shape index (κ3) is 5.75. The lowest BCUT2D eigenvalue weighted by atomic mass is 10.1. The first-order valence-corrected chi connectivity index (χ1v) is 11.5. The maximum absolute atomic E-state index is 13.0. The zero-order chi connectivity index (χ0) is 24.0. The fraction of sp³-hybridized carbons (Fsp3) is 0.318. The molecule has 3 rings (SSSR count). The van der Waals surface area contributed by atoms with Crippen molar-refractivity contribution in [1.82, 2.24) is 4.31 Å². The summed E-state index contributed by atoms with van der Waals surface area (Å²) in [5, 5.41) is 2.52. The lowest BCUT2D eigenvalue weighted by molar-refractivity contribution is -0.119. The molecule has 0 unspecified atom stereocenters. The number of hydrogen-bond donors (Lipinski definition) is 1. The van der Waals surface area contributed by atoms with Gasteiger partial charge in [0.2, 0.25) is 10.0 Å². The van der Waals surface area contributed by atoms with Gasteiger partial charge < -0.3 is 19.5 Å². The number of amides is 1. The Hall–Kier alpha value is -3.28. The van der Waals surface area contributed by atoms with Crippen molar-refractivity contribution < 1.29 is 37.0 Å². The predicted octanol–water partition coefficient (Wildman–Crippen LogP) is 1.71. The summed E-state index contributed by atoms with van der Waals surface area (Å²) in [6, 6.07) is 10.3. The summed E-state index contributed by atoms with van der Waals surface area (Å²) in [5.74, 6) is -1.68. The summed E-state index contributed by atoms with van der Waals surface area (Å²) in [5.41, 5.74) is 0.569. The fourth-order valence-electron chi connectivity index (χ4n) is 3.23. The number of sulfonamides is 1. The van der Waals surface area contributed by atoms with Crippen LogP contribution in [0.3, 0.4) is 0 Å². The summed E-state index contributed by atoms with van der Waals surface area (Å²) in [6.45, 7) is 1.65. The number of benzene rings is 2. The van der Waals surface area contributed by atoms with Gasteiger partial charge in [-0.1, -0.05) is 12.1 Å². The number of carbonyl (C=O) groups is 3. The molecule has 0 aliphatic carbocycles. The zero-order valence-corrected chi connectivity index (χ0v) is 19.0. The highest BCUT2D eigenvalue weighted by Crippen LogP contribution is 2.28. The third-order valence-electron chi connectivity index (χ3n) is 4.90. The number of ketones is 1. The van der Waals surface area contributed by atoms with Gasteiger partial charge in [-0.25, -0.2) is 13.2 Å². The van der Waals surface area contributed by atoms with Gasteiger partial charge >= 0.3 is 5.97 Å². The molecule has 0 saturated carbocycles. The lowest BCUT2D eigenvalue weighted by Gasteiger charge is -2.26. The van der Waals surface area contributed by atoms with Crippen molar-refractivity contribution in [3.63, 3.8) is 0 Å². The Morgan fingerprint density at radius 3 is 2.45 bits per heavy atom. The number of methoxy groups -OCH3 is 1. The van der Waals surface area contributed by atoms with Crippen molar-refractivity contribution in [2.24, 2.45) is 0 Å². The van der Waals surface area contributed by atoms with Crippen LogP contribution in [0.2, 0.25) is 0 Å². The van der Waals surface area contributed by atoms with E-state index in [0.717, 1.165) is 6.07 Å². The predicted molar refractivity (Wildman–Crippen MR) is 118 cm³/mol. The van der Waals surface area contributed by atoms with Crippen LogP contribution in [0.15, 0.2) is 47.4 Å². The van der Waals surface area contributed by atoms with E-state index in [1.807, 2.05) is 0 Å². The van der Waals surface area contributed by atoms with Crippen LogP contribution in [0.5, 0.6) is 5.75 Å². The number of esters is 1. The summed E-state index contributed by atoms with van der Waals surface area (Å²) in [4.78, 5) is 36.2. The minimum atomic E-state index is -3.94. The molecule has 0 radical (unpaired) electrons. The van der Waals surface area contributed by atoms with E-state index in [2.05, 4.69) is 5.32 Å². The van der Waals surface area contributed by atoms with Crippen LogP contribution in [0.1, 0.15) is 27.6 Å². The van der Waals surface area contributed by atoms with Gasteiger partial charge in [0.1, 0.15) is 10.6 Å². The van der Waals surface area contributed by atoms with E-state index in [9.17, 15) is 22.8 Å². The third-order valence-corrected chi connectivity index (χ3v) is 6.82. The molecule has 2 aromatic rings. The topological polar surface area (TPSA) is 128 Å². The Labute approximate surface area is 191 Å². The van der Waals surface area contributed by atoms with Crippen LogP contribution >= 0.6 is 0 Å². The highest BCUT2D eigenvalue weighted by Gasteiger charge is 2.30. The van der Waals surface area contributed by atoms with E-state index in [4.69, 9.17) is 14.2 Å². The second-order valence-electron chi connectivity index (χ2n) is 7.11. The molecule has 33 heavy (non-hydrogen) atoms. The molecule has 176 valence electrons. The van der Waals surface area contributed by atoms with Crippen LogP contribution in [0, 0.1) is 0 Å². The normalized spacial score (nSPS) is 14.4. The Balaban J connectivity index is 1.72. The number of hydrogen-bond acceptors (Lipinski definition) is 8. The van der Waals surface area contributed by atoms with E-state index in [-0.39, 0.29) is 48.3 Å². The molecule has 1 fully saturated rings. The fourth-order valence-corrected chi connectivity index (χ4v) is 4.82. The summed E-state index contributed by atoms with van der Waals surface area (Å²) < 4.78 is 42.8. The lowest BCUT2D eigenvalue weighted by Crippen LogP contribution is -2.40. The van der Waals surface area contributed by atoms with Crippen molar-refractivity contribution in [1.29, 1.82) is 0 Å². The first-order chi connectivity index (χ1) is 15.7. The second-order valence-corrected chi connectivity index (χ2v) is 9.01. The van der Waals surface area contributed by atoms with Gasteiger partial charge in [-0.05, 0) is 37.3 Å². The van der Waals surface area contributed by atoms with Crippen molar-refractivity contribution in [2.45, 2.75) is 11.8 Å². The van der Waals surface area contributed by atoms with Gasteiger partial charge in [-0.15, -0.1) is 0 Å². The number of ether oxygens (including phenoxy) is 3. The Morgan fingerprint density at radius 1 is 1.09 bits per heavy atom. The number of rotatable bonds is 8. The second kappa shape index (κ2) is 10.6. The molecule has 2 aromatic carbocycles. The highest BCUT2D eigenvalue weighted by atomic mass is 32.2. The Morgan fingerprint density at radius 2 is 1.79 bits per heavy atom. The number of nitrogens with one attached hydrogen (secondary N) is 1. The van der Waals surface area contributed by atoms with Gasteiger partial charge in [0.25, 0.3) is 5.91 Å². The minimum absolute atomic E-state index is 0.0560. The number of nitrogens with zero attached hydrogens (tertiary/aromatic N) is 1. The van der Waals surface area contributed by atoms with Crippen LogP contribution in [0.25, 0.3) is 0 Å². The number of anilines is 1. The maximum atomic E-state index is 13.0. The summed E-state index contributed by atoms with van der Waals surface area (Å²) >= 11 is 0. The molecule has 10 nitrogen and oxygen atoms in total. The molecule has 11 heteroatoms. The molecule has 1 heterocycles. The Bertz CT molecular complexity index is 1160. The first kappa shape index (κ1) is 24.4. The van der Waals surface area contributed by atoms with Gasteiger partial charge in [0, 0.05) is 18.7 Å². The van der Waals surface area contributed by atoms with Crippen molar-refractivity contribution in [2.75, 3.05) is 45.3 Å². The van der Waals surface area contributed by atoms with Gasteiger partial charge in [0.05, 0.1) is 31.6 Å². The van der Waals surface area contributed by atoms with Gasteiger partial charge in [-0.2, -0.15) is 4.31 Å². The van der Waals surface area contributed by atoms with Crippen LogP contribution in [-0.4, -0.2) is 70.4 Å². The maximum Gasteiger partial charge on any atom is 0.338 e. The molecular weight excluding hydrogens is 452 g/mol. The average molecular weight is 477 g/mol. The van der Waals surface area contributed by atoms with Crippen LogP contribution in [0.4, 0.5) is 5.69 Å². The molecule has 1 saturated heterocycles. The number of carbonyl (C=O) groups excluding carboxylic acids is 3. The average Bonchev–Trinajstić information content (AvgIpc) is 2.82. The standard InChI is InChI=1S/C22H24N2O8S/c1-15(25)17-5-3-4-6-18(17)23-21(26)14-32-22(27)16-7-8-19(30-2)20(13-16)33(28,29)24-9-11-31-12-10-24/h3-8,13H,9-12,14H2,1-2H3,(H,23,26).